The van der Waals surface area contributed by atoms with Gasteiger partial charge in [-0.1, -0.05) is 72.8 Å². The van der Waals surface area contributed by atoms with E-state index in [0.717, 1.165) is 112 Å². The third-order valence-electron chi connectivity index (χ3n) is 10.1. The molecule has 58 heavy (non-hydrogen) atoms. The zero-order valence-corrected chi connectivity index (χ0v) is 33.9. The summed E-state index contributed by atoms with van der Waals surface area (Å²) in [7, 11) is 6.67. The van der Waals surface area contributed by atoms with Crippen LogP contribution in [-0.4, -0.2) is 38.4 Å². The van der Waals surface area contributed by atoms with E-state index in [9.17, 15) is 0 Å². The van der Waals surface area contributed by atoms with E-state index < -0.39 is 0 Å². The maximum absolute atomic E-state index is 5.52. The van der Waals surface area contributed by atoms with Crippen LogP contribution in [-0.2, 0) is 17.1 Å². The average molecular weight is 824 g/mol. The van der Waals surface area contributed by atoms with Crippen LogP contribution in [0.25, 0.3) is 90.9 Å². The first-order valence-corrected chi connectivity index (χ1v) is 18.2. The maximum atomic E-state index is 5.52. The van der Waals surface area contributed by atoms with E-state index in [1.54, 1.807) is 28.4 Å². The largest absolute Gasteiger partial charge is 3.00 e. The summed E-state index contributed by atoms with van der Waals surface area (Å²) < 4.78 is 22.1. The van der Waals surface area contributed by atoms with Crippen molar-refractivity contribution in [1.82, 2.24) is 19.9 Å². The number of hydrogen-bond acceptors (Lipinski definition) is 6. The van der Waals surface area contributed by atoms with Crippen LogP contribution >= 0.6 is 0 Å². The molecule has 0 amide bonds. The summed E-state index contributed by atoms with van der Waals surface area (Å²) in [6.07, 6.45) is 8.23. The topological polar surface area (TPSA) is 90.9 Å². The summed E-state index contributed by atoms with van der Waals surface area (Å²) in [5.41, 5.74) is 13.7. The Morgan fingerprint density at radius 3 is 0.724 bits per heavy atom. The van der Waals surface area contributed by atoms with Gasteiger partial charge in [0.2, 0.25) is 0 Å². The quantitative estimate of drug-likeness (QED) is 0.145. The fraction of sp³-hybridized carbons (Fsp3) is 0.0833. The van der Waals surface area contributed by atoms with Crippen molar-refractivity contribution in [3.8, 4) is 67.5 Å². The van der Waals surface area contributed by atoms with Crippen molar-refractivity contribution >= 4 is 46.4 Å². The van der Waals surface area contributed by atoms with Gasteiger partial charge in [0, 0.05) is 0 Å². The third kappa shape index (κ3) is 7.39. The SMILES string of the molecule is COc1ccc(-c2c3nc(c(-c4ccc(OC)cc4)c4ccc([n-]4)c(-c4ccc(OC)cc4)c4nc(c(-c5ccc(OC)cc5)c5ccc2[n-]5)C=C4)C=C3)cc1.[Cl-].[Fe+3]. The van der Waals surface area contributed by atoms with Gasteiger partial charge in [0.15, 0.2) is 0 Å². The van der Waals surface area contributed by atoms with Gasteiger partial charge in [0.1, 0.15) is 23.0 Å². The Morgan fingerprint density at radius 2 is 0.534 bits per heavy atom. The van der Waals surface area contributed by atoms with Gasteiger partial charge >= 0.3 is 17.1 Å². The molecule has 0 saturated heterocycles. The van der Waals surface area contributed by atoms with Crippen molar-refractivity contribution in [2.75, 3.05) is 28.4 Å². The fourth-order valence-electron chi connectivity index (χ4n) is 7.30. The first-order chi connectivity index (χ1) is 27.5. The van der Waals surface area contributed by atoms with Crippen LogP contribution in [0, 0.1) is 0 Å². The van der Waals surface area contributed by atoms with Crippen molar-refractivity contribution in [3.63, 3.8) is 0 Å². The summed E-state index contributed by atoms with van der Waals surface area (Å²) in [6, 6.07) is 40.3. The minimum absolute atomic E-state index is 0. The van der Waals surface area contributed by atoms with Gasteiger partial charge in [-0.15, -0.1) is 22.1 Å². The second-order valence-corrected chi connectivity index (χ2v) is 13.3. The molecule has 1 radical (unpaired) electrons. The molecule has 0 spiro atoms. The van der Waals surface area contributed by atoms with Crippen molar-refractivity contribution in [3.05, 3.63) is 144 Å². The standard InChI is InChI=1S/C48H36N4O4.ClH.Fe/c1-53-33-13-5-29(6-14-33)45-37-21-23-39(49-37)46(30-7-15-34(54-2)16-8-30)41-25-27-43(51-41)48(32-11-19-36(56-4)20-12-32)44-28-26-42(52-44)47(40-24-22-38(45)50-40)31-9-17-35(55-3)18-10-31;;/h5-28H,1-4H3;1H;/q-2;;+3/p-1. The van der Waals surface area contributed by atoms with Crippen LogP contribution in [0.15, 0.2) is 121 Å². The number of methoxy groups -OCH3 is 4. The van der Waals surface area contributed by atoms with Crippen LogP contribution < -0.4 is 41.3 Å². The molecule has 3 aromatic heterocycles. The first-order valence-electron chi connectivity index (χ1n) is 18.2. The molecule has 2 aliphatic rings. The molecular weight excluding hydrogens is 788 g/mol. The Kier molecular flexibility index (Phi) is 11.6. The number of aromatic nitrogens is 4. The molecule has 8 bridgehead atoms. The van der Waals surface area contributed by atoms with Gasteiger partial charge in [-0.3, -0.25) is 0 Å². The molecule has 0 N–H and O–H groups in total. The molecule has 0 atom stereocenters. The molecule has 0 unspecified atom stereocenters. The molecule has 8 nitrogen and oxygen atoms in total. The second-order valence-electron chi connectivity index (χ2n) is 13.3. The molecule has 0 aliphatic carbocycles. The van der Waals surface area contributed by atoms with E-state index >= 15 is 0 Å². The fourth-order valence-corrected chi connectivity index (χ4v) is 7.30. The van der Waals surface area contributed by atoms with Gasteiger partial charge in [0.05, 0.1) is 51.2 Å². The Morgan fingerprint density at radius 1 is 0.328 bits per heavy atom. The van der Waals surface area contributed by atoms with E-state index in [1.807, 2.05) is 97.1 Å². The van der Waals surface area contributed by atoms with E-state index in [4.69, 9.17) is 38.9 Å². The molecule has 5 heterocycles. The van der Waals surface area contributed by atoms with E-state index in [2.05, 4.69) is 48.6 Å². The van der Waals surface area contributed by atoms with Crippen molar-refractivity contribution in [2.24, 2.45) is 0 Å². The van der Waals surface area contributed by atoms with Gasteiger partial charge in [0.25, 0.3) is 0 Å². The molecule has 10 heteroatoms. The average Bonchev–Trinajstić information content (AvgIpc) is 4.10. The van der Waals surface area contributed by atoms with E-state index in [-0.39, 0.29) is 29.5 Å². The number of rotatable bonds is 8. The zero-order valence-electron chi connectivity index (χ0n) is 32.0. The number of fused-ring (bicyclic) bond motifs is 8. The van der Waals surface area contributed by atoms with Gasteiger partial charge < -0.3 is 41.3 Å². The minimum atomic E-state index is 0. The summed E-state index contributed by atoms with van der Waals surface area (Å²) >= 11 is 0. The van der Waals surface area contributed by atoms with E-state index in [0.29, 0.717) is 0 Å². The molecule has 0 fully saturated rings. The van der Waals surface area contributed by atoms with Gasteiger partial charge in [-0.2, -0.15) is 0 Å². The normalized spacial score (nSPS) is 11.4. The van der Waals surface area contributed by atoms with Crippen molar-refractivity contribution < 1.29 is 48.4 Å². The number of nitrogens with zero attached hydrogens (tertiary/aromatic N) is 4. The van der Waals surface area contributed by atoms with Crippen LogP contribution in [0.3, 0.4) is 0 Å². The van der Waals surface area contributed by atoms with Gasteiger partial charge in [-0.05, 0) is 117 Å². The molecular formula is C48H36ClFeN4O4. The summed E-state index contributed by atoms with van der Waals surface area (Å²) in [6.45, 7) is 0. The van der Waals surface area contributed by atoms with Crippen LogP contribution in [0.5, 0.6) is 23.0 Å². The third-order valence-corrected chi connectivity index (χ3v) is 10.1. The molecule has 287 valence electrons. The second kappa shape index (κ2) is 16.9. The Labute approximate surface area is 353 Å². The Balaban J connectivity index is 0.00000256. The number of ether oxygens (including phenoxy) is 4. The molecule has 0 saturated carbocycles. The van der Waals surface area contributed by atoms with Crippen molar-refractivity contribution in [1.29, 1.82) is 0 Å². The predicted molar refractivity (Wildman–Crippen MR) is 225 cm³/mol. The van der Waals surface area contributed by atoms with Crippen LogP contribution in [0.1, 0.15) is 22.8 Å². The van der Waals surface area contributed by atoms with E-state index in [1.165, 1.54) is 0 Å². The molecule has 7 aromatic rings. The van der Waals surface area contributed by atoms with Crippen LogP contribution in [0.2, 0.25) is 0 Å². The number of hydrogen-bond donors (Lipinski definition) is 0. The minimum Gasteiger partial charge on any atom is -1.00 e. The van der Waals surface area contributed by atoms with Gasteiger partial charge in [-0.25, -0.2) is 9.97 Å². The molecule has 9 rings (SSSR count). The molecule has 4 aromatic carbocycles. The predicted octanol–water partition coefficient (Wildman–Crippen LogP) is 7.62. The van der Waals surface area contributed by atoms with Crippen molar-refractivity contribution in [2.45, 2.75) is 0 Å². The number of halogens is 1. The monoisotopic (exact) mass is 823 g/mol. The molecule has 2 aliphatic heterocycles. The Hall–Kier alpha value is -6.51. The van der Waals surface area contributed by atoms with Crippen LogP contribution in [0.4, 0.5) is 0 Å². The zero-order chi connectivity index (χ0) is 38.2. The first kappa shape index (κ1) is 39.7. The maximum Gasteiger partial charge on any atom is 3.00 e. The summed E-state index contributed by atoms with van der Waals surface area (Å²) in [5.74, 6) is 3.06. The summed E-state index contributed by atoms with van der Waals surface area (Å²) in [4.78, 5) is 21.4. The Bertz CT molecular complexity index is 2450. The smallest absolute Gasteiger partial charge is 1.00 e. The number of benzene rings is 4. The summed E-state index contributed by atoms with van der Waals surface area (Å²) in [5, 5.41) is 0.